The minimum Gasteiger partial charge on any atom is -0.398 e. The van der Waals surface area contributed by atoms with Crippen LogP contribution in [0.5, 0.6) is 0 Å². The first-order chi connectivity index (χ1) is 15.8. The number of nitrogen functional groups attached to an aromatic ring is 1. The number of para-hydroxylation sites is 1. The third kappa shape index (κ3) is 4.55. The zero-order chi connectivity index (χ0) is 21.8. The van der Waals surface area contributed by atoms with E-state index in [1.807, 2.05) is 23.9 Å². The van der Waals surface area contributed by atoms with Crippen molar-refractivity contribution in [1.82, 2.24) is 4.90 Å². The predicted molar refractivity (Wildman–Crippen MR) is 140 cm³/mol. The fourth-order valence-corrected chi connectivity index (χ4v) is 5.73. The molecule has 2 aliphatic rings. The van der Waals surface area contributed by atoms with E-state index in [0.717, 1.165) is 43.9 Å². The smallest absolute Gasteiger partial charge is 0.0452 e. The second kappa shape index (κ2) is 9.81. The molecule has 1 saturated heterocycles. The summed E-state index contributed by atoms with van der Waals surface area (Å²) in [6, 6.07) is 25.9. The minimum absolute atomic E-state index is 0.894. The standard InChI is InChI=1S/C29H30N2S/c30-27-12-5-6-13-28(27)32-21-7-18-31-19-16-24(17-20-31)29-25-10-3-1-8-22(25)14-15-23-9-2-4-11-26(23)29/h1-6,8-15H,7,16-21,30H2. The van der Waals surface area contributed by atoms with Crippen molar-refractivity contribution in [3.8, 4) is 0 Å². The topological polar surface area (TPSA) is 29.3 Å². The number of piperidine rings is 1. The Morgan fingerprint density at radius 3 is 2.00 bits per heavy atom. The van der Waals surface area contributed by atoms with E-state index in [2.05, 4.69) is 77.7 Å². The Morgan fingerprint density at radius 1 is 0.750 bits per heavy atom. The van der Waals surface area contributed by atoms with Gasteiger partial charge in [-0.05, 0) is 71.5 Å². The van der Waals surface area contributed by atoms with Crippen LogP contribution in [0.25, 0.3) is 17.7 Å². The number of hydrogen-bond donors (Lipinski definition) is 1. The normalized spacial score (nSPS) is 15.9. The molecule has 1 aliphatic heterocycles. The monoisotopic (exact) mass is 438 g/mol. The quantitative estimate of drug-likeness (QED) is 0.210. The summed E-state index contributed by atoms with van der Waals surface area (Å²) in [5.74, 6) is 1.12. The highest BCUT2D eigenvalue weighted by molar-refractivity contribution is 7.99. The number of thioether (sulfide) groups is 1. The zero-order valence-electron chi connectivity index (χ0n) is 18.5. The van der Waals surface area contributed by atoms with E-state index >= 15 is 0 Å². The number of anilines is 1. The van der Waals surface area contributed by atoms with Crippen molar-refractivity contribution in [2.24, 2.45) is 0 Å². The van der Waals surface area contributed by atoms with E-state index < -0.39 is 0 Å². The number of nitrogens with two attached hydrogens (primary N) is 1. The molecule has 0 aromatic heterocycles. The van der Waals surface area contributed by atoms with E-state index in [-0.39, 0.29) is 0 Å². The Bertz CT molecular complexity index is 1100. The van der Waals surface area contributed by atoms with E-state index in [0.29, 0.717) is 0 Å². The second-order valence-electron chi connectivity index (χ2n) is 8.57. The van der Waals surface area contributed by atoms with Gasteiger partial charge in [0, 0.05) is 23.7 Å². The van der Waals surface area contributed by atoms with Gasteiger partial charge in [0.1, 0.15) is 0 Å². The van der Waals surface area contributed by atoms with Gasteiger partial charge in [-0.15, -0.1) is 11.8 Å². The van der Waals surface area contributed by atoms with Gasteiger partial charge in [-0.1, -0.05) is 78.4 Å². The summed E-state index contributed by atoms with van der Waals surface area (Å²) in [7, 11) is 0. The summed E-state index contributed by atoms with van der Waals surface area (Å²) in [5.41, 5.74) is 15.5. The fraction of sp³-hybridized carbons (Fsp3) is 0.241. The van der Waals surface area contributed by atoms with Gasteiger partial charge in [0.05, 0.1) is 0 Å². The summed E-state index contributed by atoms with van der Waals surface area (Å²) in [5, 5.41) is 0. The van der Waals surface area contributed by atoms with E-state index in [1.165, 1.54) is 39.1 Å². The maximum Gasteiger partial charge on any atom is 0.0452 e. The van der Waals surface area contributed by atoms with Crippen LogP contribution in [-0.4, -0.2) is 30.3 Å². The third-order valence-corrected chi connectivity index (χ3v) is 7.69. The number of fused-ring (bicyclic) bond motifs is 2. The molecule has 0 bridgehead atoms. The molecule has 1 fully saturated rings. The molecule has 3 aromatic carbocycles. The maximum absolute atomic E-state index is 6.07. The predicted octanol–water partition coefficient (Wildman–Crippen LogP) is 6.83. The Kier molecular flexibility index (Phi) is 6.47. The van der Waals surface area contributed by atoms with Crippen LogP contribution in [0.2, 0.25) is 0 Å². The number of nitrogens with zero attached hydrogens (tertiary/aromatic N) is 1. The molecule has 3 aromatic rings. The number of benzene rings is 3. The summed E-state index contributed by atoms with van der Waals surface area (Å²) in [6.45, 7) is 3.46. The van der Waals surface area contributed by atoms with E-state index in [1.54, 1.807) is 5.57 Å². The molecule has 162 valence electrons. The molecule has 5 rings (SSSR count). The molecule has 32 heavy (non-hydrogen) atoms. The largest absolute Gasteiger partial charge is 0.398 e. The first kappa shape index (κ1) is 21.1. The van der Waals surface area contributed by atoms with Crippen molar-refractivity contribution in [2.75, 3.05) is 31.1 Å². The molecule has 1 heterocycles. The highest BCUT2D eigenvalue weighted by Gasteiger charge is 2.22. The van der Waals surface area contributed by atoms with E-state index in [4.69, 9.17) is 5.73 Å². The summed E-state index contributed by atoms with van der Waals surface area (Å²) < 4.78 is 0. The Labute approximate surface area is 195 Å². The lowest BCUT2D eigenvalue weighted by atomic mass is 9.86. The van der Waals surface area contributed by atoms with Crippen LogP contribution < -0.4 is 5.73 Å². The average molecular weight is 439 g/mol. The first-order valence-electron chi connectivity index (χ1n) is 11.6. The Morgan fingerprint density at radius 2 is 1.34 bits per heavy atom. The van der Waals surface area contributed by atoms with Gasteiger partial charge in [-0.25, -0.2) is 0 Å². The summed E-state index contributed by atoms with van der Waals surface area (Å²) in [4.78, 5) is 3.84. The van der Waals surface area contributed by atoms with Gasteiger partial charge in [-0.2, -0.15) is 0 Å². The molecule has 0 radical (unpaired) electrons. The molecule has 0 spiro atoms. The number of hydrogen-bond acceptors (Lipinski definition) is 3. The lowest BCUT2D eigenvalue weighted by molar-refractivity contribution is 0.258. The molecule has 0 unspecified atom stereocenters. The van der Waals surface area contributed by atoms with Crippen molar-refractivity contribution < 1.29 is 0 Å². The van der Waals surface area contributed by atoms with Gasteiger partial charge in [0.2, 0.25) is 0 Å². The van der Waals surface area contributed by atoms with Crippen LogP contribution in [0.3, 0.4) is 0 Å². The maximum atomic E-state index is 6.07. The molecule has 0 saturated carbocycles. The fourth-order valence-electron chi connectivity index (χ4n) is 4.82. The van der Waals surface area contributed by atoms with Crippen molar-refractivity contribution in [3.05, 3.63) is 101 Å². The van der Waals surface area contributed by atoms with Crippen molar-refractivity contribution in [1.29, 1.82) is 0 Å². The average Bonchev–Trinajstić information content (AvgIpc) is 3.00. The number of rotatable bonds is 5. The van der Waals surface area contributed by atoms with Crippen LogP contribution >= 0.6 is 11.8 Å². The molecule has 0 amide bonds. The Hall–Kier alpha value is -2.75. The van der Waals surface area contributed by atoms with Gasteiger partial charge < -0.3 is 10.6 Å². The van der Waals surface area contributed by atoms with Crippen LogP contribution in [0, 0.1) is 0 Å². The van der Waals surface area contributed by atoms with Gasteiger partial charge >= 0.3 is 0 Å². The second-order valence-corrected chi connectivity index (χ2v) is 9.70. The molecule has 0 atom stereocenters. The highest BCUT2D eigenvalue weighted by Crippen LogP contribution is 2.38. The SMILES string of the molecule is Nc1ccccc1SCCCN1CCC(=C2c3ccccc3C=Cc3ccccc32)CC1. The molecule has 2 N–H and O–H groups in total. The summed E-state index contributed by atoms with van der Waals surface area (Å²) >= 11 is 1.88. The molecular formula is C29H30N2S. The van der Waals surface area contributed by atoms with Crippen molar-refractivity contribution in [2.45, 2.75) is 24.2 Å². The third-order valence-electron chi connectivity index (χ3n) is 6.51. The minimum atomic E-state index is 0.894. The lowest BCUT2D eigenvalue weighted by Gasteiger charge is -2.30. The summed E-state index contributed by atoms with van der Waals surface area (Å²) in [6.07, 6.45) is 8.04. The van der Waals surface area contributed by atoms with Gasteiger partial charge in [0.15, 0.2) is 0 Å². The lowest BCUT2D eigenvalue weighted by Crippen LogP contribution is -2.32. The Balaban J connectivity index is 1.27. The molecule has 2 nitrogen and oxygen atoms in total. The van der Waals surface area contributed by atoms with Gasteiger partial charge in [-0.3, -0.25) is 0 Å². The number of likely N-dealkylation sites (tertiary alicyclic amines) is 1. The zero-order valence-corrected chi connectivity index (χ0v) is 19.3. The van der Waals surface area contributed by atoms with Crippen LogP contribution in [0.1, 0.15) is 41.5 Å². The highest BCUT2D eigenvalue weighted by atomic mass is 32.2. The molecular weight excluding hydrogens is 408 g/mol. The first-order valence-corrected chi connectivity index (χ1v) is 12.6. The van der Waals surface area contributed by atoms with Crippen LogP contribution in [0.15, 0.2) is 83.3 Å². The van der Waals surface area contributed by atoms with Gasteiger partial charge in [0.25, 0.3) is 0 Å². The van der Waals surface area contributed by atoms with E-state index in [9.17, 15) is 0 Å². The molecule has 1 aliphatic carbocycles. The van der Waals surface area contributed by atoms with Crippen molar-refractivity contribution in [3.63, 3.8) is 0 Å². The van der Waals surface area contributed by atoms with Crippen LogP contribution in [-0.2, 0) is 0 Å². The van der Waals surface area contributed by atoms with Crippen LogP contribution in [0.4, 0.5) is 5.69 Å². The van der Waals surface area contributed by atoms with Crippen molar-refractivity contribution >= 4 is 35.2 Å². The molecule has 3 heteroatoms.